The minimum atomic E-state index is -1.34. The zero-order chi connectivity index (χ0) is 34.6. The van der Waals surface area contributed by atoms with E-state index in [-0.39, 0.29) is 48.9 Å². The third-order valence-electron chi connectivity index (χ3n) is 12.3. The SMILES string of the molecule is CC1NC(CCC2CCCC3CC#Cc4c(cccc4CC4CC(C)(CC(N)N4)NCC(O)(CC(=O)O)CC3)C2)C(N2CC=NC2)CC1O. The summed E-state index contributed by atoms with van der Waals surface area (Å²) in [4.78, 5) is 18.8. The summed E-state index contributed by atoms with van der Waals surface area (Å²) in [5.74, 6) is 7.04. The van der Waals surface area contributed by atoms with E-state index in [1.807, 2.05) is 6.21 Å². The fourth-order valence-corrected chi connectivity index (χ4v) is 9.48. The molecule has 10 heteroatoms. The highest BCUT2D eigenvalue weighted by molar-refractivity contribution is 5.68. The molecule has 49 heavy (non-hydrogen) atoms. The van der Waals surface area contributed by atoms with E-state index in [2.05, 4.69) is 69.7 Å². The highest BCUT2D eigenvalue weighted by Gasteiger charge is 2.40. The van der Waals surface area contributed by atoms with Gasteiger partial charge in [0.05, 0.1) is 31.0 Å². The Kier molecular flexibility index (Phi) is 11.8. The summed E-state index contributed by atoms with van der Waals surface area (Å²) in [5, 5.41) is 43.3. The van der Waals surface area contributed by atoms with E-state index >= 15 is 0 Å². The van der Waals surface area contributed by atoms with Crippen molar-refractivity contribution >= 4 is 12.2 Å². The van der Waals surface area contributed by atoms with E-state index in [0.29, 0.717) is 37.4 Å². The van der Waals surface area contributed by atoms with Crippen molar-refractivity contribution in [3.8, 4) is 11.8 Å². The van der Waals surface area contributed by atoms with Gasteiger partial charge in [-0.1, -0.05) is 42.9 Å². The first-order valence-corrected chi connectivity index (χ1v) is 18.9. The lowest BCUT2D eigenvalue weighted by atomic mass is 9.79. The van der Waals surface area contributed by atoms with Gasteiger partial charge in [0.1, 0.15) is 0 Å². The molecule has 10 unspecified atom stereocenters. The van der Waals surface area contributed by atoms with Gasteiger partial charge in [-0.05, 0) is 101 Å². The second kappa shape index (κ2) is 15.9. The molecule has 2 fully saturated rings. The second-order valence-corrected chi connectivity index (χ2v) is 16.4. The number of carboxylic acids is 1. The molecule has 270 valence electrons. The van der Waals surface area contributed by atoms with Crippen LogP contribution in [0.2, 0.25) is 0 Å². The Morgan fingerprint density at radius 3 is 2.73 bits per heavy atom. The van der Waals surface area contributed by atoms with Crippen LogP contribution < -0.4 is 21.7 Å². The van der Waals surface area contributed by atoms with E-state index < -0.39 is 11.6 Å². The van der Waals surface area contributed by atoms with Crippen molar-refractivity contribution in [3.05, 3.63) is 34.9 Å². The molecule has 1 aromatic carbocycles. The number of aliphatic imine (C=N–C) groups is 1. The minimum absolute atomic E-state index is 0.0711. The van der Waals surface area contributed by atoms with Gasteiger partial charge in [-0.15, -0.1) is 0 Å². The zero-order valence-corrected chi connectivity index (χ0v) is 29.7. The molecule has 0 amide bonds. The lowest BCUT2D eigenvalue weighted by Crippen LogP contribution is -2.63. The largest absolute Gasteiger partial charge is 0.481 e. The summed E-state index contributed by atoms with van der Waals surface area (Å²) < 4.78 is 0. The molecule has 6 rings (SSSR count). The van der Waals surface area contributed by atoms with Crippen LogP contribution in [-0.4, -0.2) is 99.7 Å². The van der Waals surface area contributed by atoms with Gasteiger partial charge in [0, 0.05) is 61.0 Å². The number of aliphatic hydroxyl groups is 2. The average Bonchev–Trinajstić information content (AvgIpc) is 3.56. The number of piperidine rings is 2. The number of nitrogens with two attached hydrogens (primary N) is 1. The number of carbonyl (C=O) groups is 1. The van der Waals surface area contributed by atoms with Gasteiger partial charge in [0.15, 0.2) is 0 Å². The topological polar surface area (TPSA) is 155 Å². The molecule has 4 bridgehead atoms. The Labute approximate surface area is 293 Å². The van der Waals surface area contributed by atoms with Crippen LogP contribution in [0.1, 0.15) is 108 Å². The second-order valence-electron chi connectivity index (χ2n) is 16.4. The number of aliphatic carboxylic acids is 1. The molecule has 10 nitrogen and oxygen atoms in total. The first kappa shape index (κ1) is 36.4. The third-order valence-corrected chi connectivity index (χ3v) is 12.3. The van der Waals surface area contributed by atoms with Gasteiger partial charge in [-0.2, -0.15) is 0 Å². The van der Waals surface area contributed by atoms with Crippen LogP contribution >= 0.6 is 0 Å². The van der Waals surface area contributed by atoms with E-state index in [1.165, 1.54) is 16.7 Å². The molecule has 1 aliphatic carbocycles. The zero-order valence-electron chi connectivity index (χ0n) is 29.7. The third kappa shape index (κ3) is 9.50. The maximum atomic E-state index is 11.9. The van der Waals surface area contributed by atoms with Crippen molar-refractivity contribution in [1.82, 2.24) is 20.9 Å². The minimum Gasteiger partial charge on any atom is -0.481 e. The monoisotopic (exact) mass is 676 g/mol. The van der Waals surface area contributed by atoms with Crippen molar-refractivity contribution in [2.45, 2.75) is 151 Å². The molecular formula is C39H60N6O4. The summed E-state index contributed by atoms with van der Waals surface area (Å²) in [6.45, 7) is 6.04. The Bertz CT molecular complexity index is 1390. The number of aliphatic hydroxyl groups excluding tert-OH is 1. The molecular weight excluding hydrogens is 616 g/mol. The summed E-state index contributed by atoms with van der Waals surface area (Å²) in [6.07, 6.45) is 12.5. The standard InChI is InChI=1S/C39H60N6O4/c1-26-35(46)20-34(45-17-16-41-25-45)33(43-26)13-12-28-8-3-6-27-7-4-11-32-29(18-28)9-5-10-30(32)19-31-21-38(2,22-36(40)44-31)42-24-39(49,15-14-27)23-37(47)48/h5,9-10,16,26-28,31,33-36,42-44,46,49H,3,6-8,12-15,17-25,40H2,1-2H3,(H,47,48). The van der Waals surface area contributed by atoms with E-state index in [0.717, 1.165) is 77.2 Å². The maximum Gasteiger partial charge on any atom is 0.306 e. The molecule has 0 aromatic heterocycles. The first-order chi connectivity index (χ1) is 23.5. The van der Waals surface area contributed by atoms with Crippen molar-refractivity contribution in [2.24, 2.45) is 22.6 Å². The molecule has 10 atom stereocenters. The number of hydrogen-bond donors (Lipinski definition) is 7. The number of nitrogens with zero attached hydrogens (tertiary/aromatic N) is 2. The van der Waals surface area contributed by atoms with Crippen LogP contribution in [0.25, 0.3) is 0 Å². The van der Waals surface area contributed by atoms with Crippen LogP contribution in [0.3, 0.4) is 0 Å². The quantitative estimate of drug-likeness (QED) is 0.225. The number of carboxylic acid groups (broad SMARTS) is 1. The molecule has 2 saturated heterocycles. The highest BCUT2D eigenvalue weighted by Crippen LogP contribution is 2.34. The predicted molar refractivity (Wildman–Crippen MR) is 193 cm³/mol. The summed E-state index contributed by atoms with van der Waals surface area (Å²) >= 11 is 0. The number of fused-ring (bicyclic) bond motifs is 4. The van der Waals surface area contributed by atoms with Gasteiger partial charge in [-0.25, -0.2) is 0 Å². The summed E-state index contributed by atoms with van der Waals surface area (Å²) in [5.41, 5.74) is 8.66. The number of hydrogen-bond acceptors (Lipinski definition) is 9. The Morgan fingerprint density at radius 2 is 1.96 bits per heavy atom. The maximum absolute atomic E-state index is 11.9. The van der Waals surface area contributed by atoms with E-state index in [4.69, 9.17) is 5.73 Å². The molecule has 0 saturated carbocycles. The average molecular weight is 677 g/mol. The number of benzene rings is 1. The van der Waals surface area contributed by atoms with Crippen molar-refractivity contribution in [3.63, 3.8) is 0 Å². The Hall–Kier alpha value is -2.36. The van der Waals surface area contributed by atoms with Crippen molar-refractivity contribution in [1.29, 1.82) is 0 Å². The number of β-amino-alcohol motifs (C(OH)–C–C–N with tert-alkyl or cyclic N) is 1. The first-order valence-electron chi connectivity index (χ1n) is 18.9. The Morgan fingerprint density at radius 1 is 1.14 bits per heavy atom. The van der Waals surface area contributed by atoms with Crippen LogP contribution in [0.5, 0.6) is 0 Å². The summed E-state index contributed by atoms with van der Waals surface area (Å²) in [7, 11) is 0. The molecule has 8 N–H and O–H groups in total. The smallest absolute Gasteiger partial charge is 0.306 e. The van der Waals surface area contributed by atoms with Crippen LogP contribution in [-0.2, 0) is 17.6 Å². The molecule has 4 aliphatic heterocycles. The molecule has 4 heterocycles. The van der Waals surface area contributed by atoms with E-state index in [9.17, 15) is 20.1 Å². The van der Waals surface area contributed by atoms with Gasteiger partial charge in [0.2, 0.25) is 0 Å². The van der Waals surface area contributed by atoms with Crippen molar-refractivity contribution in [2.75, 3.05) is 19.8 Å². The fraction of sp³-hybridized carbons (Fsp3) is 0.744. The number of rotatable bonds is 6. The molecule has 0 radical (unpaired) electrons. The highest BCUT2D eigenvalue weighted by atomic mass is 16.4. The number of nitrogens with one attached hydrogen (secondary N) is 3. The van der Waals surface area contributed by atoms with Gasteiger partial charge >= 0.3 is 5.97 Å². The lowest BCUT2D eigenvalue weighted by molar-refractivity contribution is -0.143. The van der Waals surface area contributed by atoms with Crippen LogP contribution in [0.15, 0.2) is 23.2 Å². The van der Waals surface area contributed by atoms with Crippen LogP contribution in [0.4, 0.5) is 0 Å². The van der Waals surface area contributed by atoms with Crippen molar-refractivity contribution < 1.29 is 20.1 Å². The Balaban J connectivity index is 1.28. The van der Waals surface area contributed by atoms with Gasteiger partial charge < -0.3 is 31.7 Å². The fourth-order valence-electron chi connectivity index (χ4n) is 9.48. The van der Waals surface area contributed by atoms with Gasteiger partial charge in [0.25, 0.3) is 0 Å². The van der Waals surface area contributed by atoms with Gasteiger partial charge in [-0.3, -0.25) is 20.0 Å². The van der Waals surface area contributed by atoms with E-state index in [1.54, 1.807) is 0 Å². The normalized spacial score (nSPS) is 39.0. The summed E-state index contributed by atoms with van der Waals surface area (Å²) in [6, 6.07) is 7.48. The molecule has 5 aliphatic rings. The molecule has 0 spiro atoms. The predicted octanol–water partition coefficient (Wildman–Crippen LogP) is 2.92. The lowest BCUT2D eigenvalue weighted by Gasteiger charge is -2.44. The molecule has 1 aromatic rings. The van der Waals surface area contributed by atoms with Crippen LogP contribution in [0, 0.1) is 23.7 Å².